The van der Waals surface area contributed by atoms with Gasteiger partial charge in [0.05, 0.1) is 6.61 Å². The molecule has 0 atom stereocenters. The molecule has 1 aromatic heterocycles. The van der Waals surface area contributed by atoms with Gasteiger partial charge in [0.15, 0.2) is 5.76 Å². The van der Waals surface area contributed by atoms with Crippen molar-refractivity contribution in [1.82, 2.24) is 10.6 Å². The molecule has 0 saturated carbocycles. The minimum Gasteiger partial charge on any atom is -0.486 e. The maximum atomic E-state index is 12.1. The van der Waals surface area contributed by atoms with E-state index >= 15 is 0 Å². The SMILES string of the molecule is COCCNCCNC(=O)c1ccc(COc2ccc3ccccc3c2)o1. The molecule has 3 aromatic rings. The molecule has 0 aliphatic rings. The largest absolute Gasteiger partial charge is 0.486 e. The van der Waals surface area contributed by atoms with Crippen LogP contribution in [0.2, 0.25) is 0 Å². The second-order valence-electron chi connectivity index (χ2n) is 6.06. The number of furan rings is 1. The predicted octanol–water partition coefficient (Wildman–Crippen LogP) is 2.98. The van der Waals surface area contributed by atoms with Gasteiger partial charge in [-0.15, -0.1) is 0 Å². The first-order valence-corrected chi connectivity index (χ1v) is 8.94. The van der Waals surface area contributed by atoms with Crippen LogP contribution in [0.1, 0.15) is 16.3 Å². The van der Waals surface area contributed by atoms with Crippen molar-refractivity contribution in [3.8, 4) is 5.75 Å². The van der Waals surface area contributed by atoms with Gasteiger partial charge in [-0.3, -0.25) is 4.79 Å². The van der Waals surface area contributed by atoms with E-state index < -0.39 is 0 Å². The molecule has 142 valence electrons. The number of fused-ring (bicyclic) bond motifs is 1. The zero-order chi connectivity index (χ0) is 18.9. The quantitative estimate of drug-likeness (QED) is 0.538. The van der Waals surface area contributed by atoms with Crippen molar-refractivity contribution >= 4 is 16.7 Å². The number of nitrogens with one attached hydrogen (secondary N) is 2. The molecule has 6 nitrogen and oxygen atoms in total. The smallest absolute Gasteiger partial charge is 0.287 e. The monoisotopic (exact) mass is 368 g/mol. The summed E-state index contributed by atoms with van der Waals surface area (Å²) in [6.07, 6.45) is 0. The molecule has 3 rings (SSSR count). The maximum absolute atomic E-state index is 12.1. The highest BCUT2D eigenvalue weighted by Crippen LogP contribution is 2.21. The van der Waals surface area contributed by atoms with Crippen LogP contribution in [-0.2, 0) is 11.3 Å². The van der Waals surface area contributed by atoms with E-state index in [-0.39, 0.29) is 18.3 Å². The second-order valence-corrected chi connectivity index (χ2v) is 6.06. The molecule has 0 radical (unpaired) electrons. The minimum absolute atomic E-state index is 0.236. The van der Waals surface area contributed by atoms with Gasteiger partial charge >= 0.3 is 0 Å². The van der Waals surface area contributed by atoms with Crippen LogP contribution in [0.4, 0.5) is 0 Å². The van der Waals surface area contributed by atoms with Gasteiger partial charge in [-0.2, -0.15) is 0 Å². The number of rotatable bonds is 10. The van der Waals surface area contributed by atoms with Crippen LogP contribution < -0.4 is 15.4 Å². The minimum atomic E-state index is -0.236. The summed E-state index contributed by atoms with van der Waals surface area (Å²) in [7, 11) is 1.65. The van der Waals surface area contributed by atoms with Gasteiger partial charge in [-0.05, 0) is 35.0 Å². The molecule has 0 aliphatic heterocycles. The molecule has 0 fully saturated rings. The third-order valence-corrected chi connectivity index (χ3v) is 4.06. The number of amides is 1. The first kappa shape index (κ1) is 18.9. The Morgan fingerprint density at radius 1 is 1.00 bits per heavy atom. The predicted molar refractivity (Wildman–Crippen MR) is 104 cm³/mol. The Kier molecular flexibility index (Phi) is 6.84. The highest BCUT2D eigenvalue weighted by Gasteiger charge is 2.11. The molecule has 0 saturated heterocycles. The fourth-order valence-corrected chi connectivity index (χ4v) is 2.64. The van der Waals surface area contributed by atoms with E-state index in [0.717, 1.165) is 17.7 Å². The highest BCUT2D eigenvalue weighted by molar-refractivity contribution is 5.91. The highest BCUT2D eigenvalue weighted by atomic mass is 16.5. The van der Waals surface area contributed by atoms with Gasteiger partial charge < -0.3 is 24.5 Å². The summed E-state index contributed by atoms with van der Waals surface area (Å²) in [4.78, 5) is 12.1. The van der Waals surface area contributed by atoms with E-state index in [1.54, 1.807) is 19.2 Å². The van der Waals surface area contributed by atoms with Crippen LogP contribution in [0.15, 0.2) is 59.0 Å². The molecular weight excluding hydrogens is 344 g/mol. The first-order chi connectivity index (χ1) is 13.3. The molecule has 0 unspecified atom stereocenters. The number of benzene rings is 2. The Balaban J connectivity index is 1.46. The van der Waals surface area contributed by atoms with Gasteiger partial charge in [0, 0.05) is 26.7 Å². The van der Waals surface area contributed by atoms with E-state index in [9.17, 15) is 4.79 Å². The molecule has 2 aromatic carbocycles. The number of methoxy groups -OCH3 is 1. The van der Waals surface area contributed by atoms with Crippen LogP contribution in [0, 0.1) is 0 Å². The van der Waals surface area contributed by atoms with Gasteiger partial charge in [-0.1, -0.05) is 30.3 Å². The summed E-state index contributed by atoms with van der Waals surface area (Å²) in [5.74, 6) is 1.41. The summed E-state index contributed by atoms with van der Waals surface area (Å²) < 4.78 is 16.3. The lowest BCUT2D eigenvalue weighted by Crippen LogP contribution is -2.32. The summed E-state index contributed by atoms with van der Waals surface area (Å²) >= 11 is 0. The average molecular weight is 368 g/mol. The number of hydrogen-bond acceptors (Lipinski definition) is 5. The zero-order valence-electron chi connectivity index (χ0n) is 15.4. The number of ether oxygens (including phenoxy) is 2. The van der Waals surface area contributed by atoms with Crippen LogP contribution in [0.3, 0.4) is 0 Å². The lowest BCUT2D eigenvalue weighted by Gasteiger charge is -2.06. The number of hydrogen-bond donors (Lipinski definition) is 2. The maximum Gasteiger partial charge on any atom is 0.287 e. The van der Waals surface area contributed by atoms with Crippen molar-refractivity contribution in [2.24, 2.45) is 0 Å². The van der Waals surface area contributed by atoms with Gasteiger partial charge in [0.25, 0.3) is 5.91 Å². The molecular formula is C21H24N2O4. The van der Waals surface area contributed by atoms with Crippen molar-refractivity contribution in [3.05, 3.63) is 66.1 Å². The lowest BCUT2D eigenvalue weighted by atomic mass is 10.1. The van der Waals surface area contributed by atoms with E-state index in [1.807, 2.05) is 36.4 Å². The van der Waals surface area contributed by atoms with Gasteiger partial charge in [-0.25, -0.2) is 0 Å². The Morgan fingerprint density at radius 2 is 1.85 bits per heavy atom. The fraction of sp³-hybridized carbons (Fsp3) is 0.286. The van der Waals surface area contributed by atoms with Crippen molar-refractivity contribution in [3.63, 3.8) is 0 Å². The molecule has 2 N–H and O–H groups in total. The fourth-order valence-electron chi connectivity index (χ4n) is 2.64. The Labute approximate surface area is 158 Å². The second kappa shape index (κ2) is 9.75. The van der Waals surface area contributed by atoms with E-state index in [0.29, 0.717) is 25.5 Å². The average Bonchev–Trinajstić information content (AvgIpc) is 3.18. The van der Waals surface area contributed by atoms with Gasteiger partial charge in [0.2, 0.25) is 0 Å². The van der Waals surface area contributed by atoms with Crippen LogP contribution >= 0.6 is 0 Å². The summed E-state index contributed by atoms with van der Waals surface area (Å²) in [5, 5.41) is 8.25. The van der Waals surface area contributed by atoms with E-state index in [4.69, 9.17) is 13.9 Å². The van der Waals surface area contributed by atoms with Crippen LogP contribution in [0.25, 0.3) is 10.8 Å². The third-order valence-electron chi connectivity index (χ3n) is 4.06. The standard InChI is InChI=1S/C21H24N2O4/c1-25-13-12-22-10-11-23-21(24)20-9-8-19(27-20)15-26-18-7-6-16-4-2-3-5-17(16)14-18/h2-9,14,22H,10-13,15H2,1H3,(H,23,24). The summed E-state index contributed by atoms with van der Waals surface area (Å²) in [6.45, 7) is 2.86. The van der Waals surface area contributed by atoms with Crippen LogP contribution in [-0.4, -0.2) is 39.3 Å². The van der Waals surface area contributed by atoms with Crippen molar-refractivity contribution in [1.29, 1.82) is 0 Å². The zero-order valence-corrected chi connectivity index (χ0v) is 15.4. The van der Waals surface area contributed by atoms with Gasteiger partial charge in [0.1, 0.15) is 18.1 Å². The topological polar surface area (TPSA) is 72.7 Å². The molecule has 27 heavy (non-hydrogen) atoms. The Bertz CT molecular complexity index is 875. The summed E-state index contributed by atoms with van der Waals surface area (Å²) in [5.41, 5.74) is 0. The van der Waals surface area contributed by atoms with Crippen molar-refractivity contribution in [2.75, 3.05) is 33.4 Å². The lowest BCUT2D eigenvalue weighted by molar-refractivity contribution is 0.0922. The molecule has 0 spiro atoms. The number of carbonyl (C=O) groups is 1. The number of carbonyl (C=O) groups excluding carboxylic acids is 1. The molecule has 0 aliphatic carbocycles. The molecule has 6 heteroatoms. The third kappa shape index (κ3) is 5.57. The Morgan fingerprint density at radius 3 is 2.70 bits per heavy atom. The van der Waals surface area contributed by atoms with Crippen molar-refractivity contribution in [2.45, 2.75) is 6.61 Å². The first-order valence-electron chi connectivity index (χ1n) is 8.94. The molecule has 0 bridgehead atoms. The Hall–Kier alpha value is -2.83. The normalized spacial score (nSPS) is 10.9. The summed E-state index contributed by atoms with van der Waals surface area (Å²) in [6, 6.07) is 17.5. The van der Waals surface area contributed by atoms with Crippen molar-refractivity contribution < 1.29 is 18.7 Å². The van der Waals surface area contributed by atoms with Crippen LogP contribution in [0.5, 0.6) is 5.75 Å². The van der Waals surface area contributed by atoms with E-state index in [1.165, 1.54) is 5.39 Å². The molecule has 1 heterocycles. The molecule has 1 amide bonds. The van der Waals surface area contributed by atoms with E-state index in [2.05, 4.69) is 16.7 Å².